The number of carboxylic acids is 1. The maximum Gasteiger partial charge on any atom is 0.407 e. The van der Waals surface area contributed by atoms with E-state index in [-0.39, 0.29) is 6.04 Å². The molecule has 0 aliphatic carbocycles. The van der Waals surface area contributed by atoms with Crippen molar-refractivity contribution in [3.05, 3.63) is 0 Å². The third-order valence-electron chi connectivity index (χ3n) is 3.59. The number of ether oxygens (including phenoxy) is 1. The minimum absolute atomic E-state index is 0.176. The largest absolute Gasteiger partial charge is 0.480 e. The molecule has 1 fully saturated rings. The van der Waals surface area contributed by atoms with Crippen molar-refractivity contribution in [3.8, 4) is 0 Å². The van der Waals surface area contributed by atoms with Gasteiger partial charge >= 0.3 is 18.1 Å². The summed E-state index contributed by atoms with van der Waals surface area (Å²) < 4.78 is 4.51. The molecule has 3 N–H and O–H groups in total. The van der Waals surface area contributed by atoms with Gasteiger partial charge in [-0.25, -0.2) is 14.4 Å². The second-order valence-electron chi connectivity index (χ2n) is 5.38. The molecular formula is C13H23N3O5. The first kappa shape index (κ1) is 17.1. The van der Waals surface area contributed by atoms with Crippen molar-refractivity contribution in [1.82, 2.24) is 15.5 Å². The number of urea groups is 1. The van der Waals surface area contributed by atoms with Gasteiger partial charge in [0, 0.05) is 13.1 Å². The molecule has 0 spiro atoms. The van der Waals surface area contributed by atoms with Crippen molar-refractivity contribution >= 4 is 18.1 Å². The van der Waals surface area contributed by atoms with Crippen LogP contribution in [0.1, 0.15) is 33.1 Å². The fraction of sp³-hybridized carbons (Fsp3) is 0.769. The third kappa shape index (κ3) is 4.51. The molecule has 0 saturated carbocycles. The van der Waals surface area contributed by atoms with Crippen molar-refractivity contribution in [2.45, 2.75) is 44.7 Å². The van der Waals surface area contributed by atoms with Crippen LogP contribution < -0.4 is 10.6 Å². The van der Waals surface area contributed by atoms with E-state index in [9.17, 15) is 19.5 Å². The molecule has 3 amide bonds. The second kappa shape index (κ2) is 7.14. The topological polar surface area (TPSA) is 108 Å². The number of hydrogen-bond acceptors (Lipinski definition) is 4. The van der Waals surface area contributed by atoms with Crippen LogP contribution in [0, 0.1) is 0 Å². The second-order valence-corrected chi connectivity index (χ2v) is 5.38. The van der Waals surface area contributed by atoms with Gasteiger partial charge in [0.2, 0.25) is 0 Å². The molecule has 1 heterocycles. The normalized spacial score (nSPS) is 20.5. The predicted octanol–water partition coefficient (Wildman–Crippen LogP) is 0.770. The van der Waals surface area contributed by atoms with E-state index in [2.05, 4.69) is 15.4 Å². The molecule has 1 saturated heterocycles. The number of rotatable bonds is 5. The summed E-state index contributed by atoms with van der Waals surface area (Å²) in [5.41, 5.74) is -1.28. The van der Waals surface area contributed by atoms with Gasteiger partial charge in [0.15, 0.2) is 0 Å². The Balaban J connectivity index is 2.57. The number of amides is 3. The number of aliphatic carboxylic acids is 1. The van der Waals surface area contributed by atoms with Crippen LogP contribution in [0.25, 0.3) is 0 Å². The van der Waals surface area contributed by atoms with E-state index in [1.165, 1.54) is 18.9 Å². The lowest BCUT2D eigenvalue weighted by atomic mass is 9.96. The van der Waals surface area contributed by atoms with Crippen LogP contribution in [-0.4, -0.2) is 59.9 Å². The monoisotopic (exact) mass is 301 g/mol. The maximum atomic E-state index is 12.1. The highest BCUT2D eigenvalue weighted by Gasteiger charge is 2.37. The Morgan fingerprint density at radius 1 is 1.43 bits per heavy atom. The summed E-state index contributed by atoms with van der Waals surface area (Å²) in [5.74, 6) is -1.05. The van der Waals surface area contributed by atoms with E-state index >= 15 is 0 Å². The lowest BCUT2D eigenvalue weighted by Crippen LogP contribution is -2.56. The molecule has 0 aromatic heterocycles. The Hall–Kier alpha value is -1.99. The molecular weight excluding hydrogens is 278 g/mol. The molecule has 1 aliphatic rings. The summed E-state index contributed by atoms with van der Waals surface area (Å²) in [4.78, 5) is 36.1. The van der Waals surface area contributed by atoms with Gasteiger partial charge in [0.05, 0.1) is 13.2 Å². The van der Waals surface area contributed by atoms with Crippen LogP contribution in [0.3, 0.4) is 0 Å². The van der Waals surface area contributed by atoms with E-state index in [1.54, 1.807) is 0 Å². The maximum absolute atomic E-state index is 12.1. The molecule has 120 valence electrons. The van der Waals surface area contributed by atoms with Crippen molar-refractivity contribution in [2.75, 3.05) is 20.2 Å². The minimum atomic E-state index is -1.28. The van der Waals surface area contributed by atoms with E-state index in [1.807, 2.05) is 6.92 Å². The summed E-state index contributed by atoms with van der Waals surface area (Å²) in [7, 11) is 1.28. The highest BCUT2D eigenvalue weighted by atomic mass is 16.5. The predicted molar refractivity (Wildman–Crippen MR) is 75.0 cm³/mol. The highest BCUT2D eigenvalue weighted by Crippen LogP contribution is 2.15. The molecule has 0 aromatic carbocycles. The van der Waals surface area contributed by atoms with E-state index < -0.39 is 23.6 Å². The van der Waals surface area contributed by atoms with Crippen LogP contribution in [0.4, 0.5) is 9.59 Å². The molecule has 1 aliphatic heterocycles. The molecule has 8 nitrogen and oxygen atoms in total. The SMILES string of the molecule is CCCC(C)(NC(=O)N1CCC(NC(=O)OC)C1)C(=O)O. The van der Waals surface area contributed by atoms with Gasteiger partial charge in [-0.1, -0.05) is 13.3 Å². The number of nitrogens with zero attached hydrogens (tertiary/aromatic N) is 1. The zero-order valence-electron chi connectivity index (χ0n) is 12.6. The van der Waals surface area contributed by atoms with Gasteiger partial charge < -0.3 is 25.4 Å². The number of carboxylic acid groups (broad SMARTS) is 1. The van der Waals surface area contributed by atoms with E-state index in [4.69, 9.17) is 0 Å². The number of hydrogen-bond donors (Lipinski definition) is 3. The highest BCUT2D eigenvalue weighted by molar-refractivity contribution is 5.86. The fourth-order valence-corrected chi connectivity index (χ4v) is 2.33. The molecule has 2 unspecified atom stereocenters. The van der Waals surface area contributed by atoms with Crippen molar-refractivity contribution in [2.24, 2.45) is 0 Å². The molecule has 8 heteroatoms. The lowest BCUT2D eigenvalue weighted by Gasteiger charge is -2.28. The number of nitrogens with one attached hydrogen (secondary N) is 2. The average Bonchev–Trinajstić information content (AvgIpc) is 2.87. The van der Waals surface area contributed by atoms with Crippen molar-refractivity contribution in [3.63, 3.8) is 0 Å². The summed E-state index contributed by atoms with van der Waals surface area (Å²) in [6.45, 7) is 4.15. The number of carbonyl (C=O) groups is 3. The molecule has 0 aromatic rings. The smallest absolute Gasteiger partial charge is 0.407 e. The first-order valence-corrected chi connectivity index (χ1v) is 6.97. The van der Waals surface area contributed by atoms with Crippen molar-refractivity contribution < 1.29 is 24.2 Å². The summed E-state index contributed by atoms with van der Waals surface area (Å²) in [6.07, 6.45) is 1.07. The van der Waals surface area contributed by atoms with Gasteiger partial charge in [-0.3, -0.25) is 0 Å². The first-order chi connectivity index (χ1) is 9.82. The zero-order chi connectivity index (χ0) is 16.0. The quantitative estimate of drug-likeness (QED) is 0.695. The van der Waals surface area contributed by atoms with Crippen molar-refractivity contribution in [1.29, 1.82) is 0 Å². The Morgan fingerprint density at radius 2 is 2.10 bits per heavy atom. The molecule has 1 rings (SSSR count). The Morgan fingerprint density at radius 3 is 2.62 bits per heavy atom. The van der Waals surface area contributed by atoms with Gasteiger partial charge in [-0.2, -0.15) is 0 Å². The van der Waals surface area contributed by atoms with Crippen LogP contribution in [0.2, 0.25) is 0 Å². The average molecular weight is 301 g/mol. The number of likely N-dealkylation sites (tertiary alicyclic amines) is 1. The van der Waals surface area contributed by atoms with Gasteiger partial charge in [-0.15, -0.1) is 0 Å². The first-order valence-electron chi connectivity index (χ1n) is 6.97. The van der Waals surface area contributed by atoms with E-state index in [0.717, 1.165) is 0 Å². The van der Waals surface area contributed by atoms with Gasteiger partial charge in [0.25, 0.3) is 0 Å². The van der Waals surface area contributed by atoms with Crippen LogP contribution in [0.5, 0.6) is 0 Å². The third-order valence-corrected chi connectivity index (χ3v) is 3.59. The van der Waals surface area contributed by atoms with Crippen LogP contribution in [-0.2, 0) is 9.53 Å². The van der Waals surface area contributed by atoms with Gasteiger partial charge in [-0.05, 0) is 19.8 Å². The van der Waals surface area contributed by atoms with Crippen LogP contribution in [0.15, 0.2) is 0 Å². The summed E-state index contributed by atoms with van der Waals surface area (Å²) in [5, 5.41) is 14.4. The Kier molecular flexibility index (Phi) is 5.80. The molecule has 0 bridgehead atoms. The fourth-order valence-electron chi connectivity index (χ4n) is 2.33. The number of carbonyl (C=O) groups excluding carboxylic acids is 2. The van der Waals surface area contributed by atoms with Crippen LogP contribution >= 0.6 is 0 Å². The molecule has 0 radical (unpaired) electrons. The minimum Gasteiger partial charge on any atom is -0.480 e. The zero-order valence-corrected chi connectivity index (χ0v) is 12.6. The summed E-state index contributed by atoms with van der Waals surface area (Å²) >= 11 is 0. The number of methoxy groups -OCH3 is 1. The number of alkyl carbamates (subject to hydrolysis) is 1. The molecule has 21 heavy (non-hydrogen) atoms. The molecule has 2 atom stereocenters. The Bertz CT molecular complexity index is 415. The standard InChI is InChI=1S/C13H23N3O5/c1-4-6-13(2,10(17)18)15-11(19)16-7-5-9(8-16)14-12(20)21-3/h9H,4-8H2,1-3H3,(H,14,20)(H,15,19)(H,17,18). The van der Waals surface area contributed by atoms with E-state index in [0.29, 0.717) is 32.4 Å². The summed E-state index contributed by atoms with van der Waals surface area (Å²) in [6, 6.07) is -0.604. The van der Waals surface area contributed by atoms with Gasteiger partial charge in [0.1, 0.15) is 5.54 Å². The Labute approximate surface area is 123 Å². The lowest BCUT2D eigenvalue weighted by molar-refractivity contribution is -0.144.